The minimum absolute atomic E-state index is 0.805. The van der Waals surface area contributed by atoms with Crippen molar-refractivity contribution >= 4 is 50.2 Å². The zero-order chi connectivity index (χ0) is 13.9. The zero-order valence-electron chi connectivity index (χ0n) is 11.0. The average molecular weight is 372 g/mol. The van der Waals surface area contributed by atoms with Crippen molar-refractivity contribution in [2.75, 3.05) is 23.3 Å². The third-order valence-corrected chi connectivity index (χ3v) is 5.98. The fourth-order valence-corrected chi connectivity index (χ4v) is 4.16. The van der Waals surface area contributed by atoms with Gasteiger partial charge in [-0.1, -0.05) is 11.6 Å². The molecule has 0 radical (unpaired) electrons. The van der Waals surface area contributed by atoms with Crippen LogP contribution < -0.4 is 10.2 Å². The molecule has 1 N–H and O–H groups in total. The van der Waals surface area contributed by atoms with Gasteiger partial charge in [-0.3, -0.25) is 0 Å². The summed E-state index contributed by atoms with van der Waals surface area (Å²) in [6, 6.07) is 10.8. The lowest BCUT2D eigenvalue weighted by molar-refractivity contribution is 0.949. The van der Waals surface area contributed by atoms with Crippen LogP contribution in [0, 0.1) is 0 Å². The van der Waals surface area contributed by atoms with Crippen molar-refractivity contribution < 1.29 is 0 Å². The normalized spacial score (nSPS) is 14.8. The van der Waals surface area contributed by atoms with E-state index in [1.165, 1.54) is 36.5 Å². The van der Waals surface area contributed by atoms with Gasteiger partial charge in [-0.05, 0) is 59.1 Å². The molecule has 5 heteroatoms. The molecule has 0 aliphatic carbocycles. The number of hydrogen-bond donors (Lipinski definition) is 1. The number of rotatable bonds is 4. The molecular weight excluding hydrogens is 356 g/mol. The van der Waals surface area contributed by atoms with Gasteiger partial charge >= 0.3 is 0 Å². The van der Waals surface area contributed by atoms with Crippen molar-refractivity contribution in [3.8, 4) is 0 Å². The molecule has 106 valence electrons. The molecule has 0 amide bonds. The molecule has 0 saturated carbocycles. The van der Waals surface area contributed by atoms with E-state index in [0.29, 0.717) is 0 Å². The van der Waals surface area contributed by atoms with Gasteiger partial charge in [-0.2, -0.15) is 0 Å². The van der Waals surface area contributed by atoms with E-state index in [9.17, 15) is 0 Å². The Hall–Kier alpha value is -0.710. The summed E-state index contributed by atoms with van der Waals surface area (Å²) >= 11 is 11.1. The molecule has 0 atom stereocenters. The molecule has 3 rings (SSSR count). The number of halogens is 2. The summed E-state index contributed by atoms with van der Waals surface area (Å²) in [4.78, 5) is 3.67. The van der Waals surface area contributed by atoms with E-state index in [1.807, 2.05) is 0 Å². The van der Waals surface area contributed by atoms with Crippen LogP contribution in [0.5, 0.6) is 0 Å². The van der Waals surface area contributed by atoms with E-state index in [4.69, 9.17) is 11.6 Å². The highest BCUT2D eigenvalue weighted by Crippen LogP contribution is 2.32. The summed E-state index contributed by atoms with van der Waals surface area (Å²) in [5.74, 6) is 0. The number of hydrogen-bond acceptors (Lipinski definition) is 3. The average Bonchev–Trinajstić information content (AvgIpc) is 3.08. The van der Waals surface area contributed by atoms with E-state index in [-0.39, 0.29) is 0 Å². The Morgan fingerprint density at radius 1 is 1.20 bits per heavy atom. The molecule has 0 bridgehead atoms. The van der Waals surface area contributed by atoms with Crippen LogP contribution in [0.15, 0.2) is 34.8 Å². The molecule has 2 nitrogen and oxygen atoms in total. The summed E-state index contributed by atoms with van der Waals surface area (Å²) in [6.07, 6.45) is 2.63. The van der Waals surface area contributed by atoms with E-state index in [1.54, 1.807) is 11.3 Å². The maximum atomic E-state index is 6.04. The standard InChI is InChI=1S/C15H16BrClN2S/c16-14-9-13(20-15(14)17)10-18-11-3-5-12(6-4-11)19-7-1-2-8-19/h3-6,9,18H,1-2,7-8,10H2. The predicted molar refractivity (Wildman–Crippen MR) is 92.2 cm³/mol. The van der Waals surface area contributed by atoms with Gasteiger partial charge in [-0.15, -0.1) is 11.3 Å². The van der Waals surface area contributed by atoms with Crippen LogP contribution in [-0.2, 0) is 6.54 Å². The fraction of sp³-hybridized carbons (Fsp3) is 0.333. The van der Waals surface area contributed by atoms with Gasteiger partial charge in [0.25, 0.3) is 0 Å². The van der Waals surface area contributed by atoms with Gasteiger partial charge in [0.15, 0.2) is 0 Å². The van der Waals surface area contributed by atoms with Gasteiger partial charge < -0.3 is 10.2 Å². The van der Waals surface area contributed by atoms with Crippen LogP contribution in [0.2, 0.25) is 4.34 Å². The molecule has 1 aliphatic rings. The number of benzene rings is 1. The molecule has 1 aromatic carbocycles. The first-order chi connectivity index (χ1) is 9.72. The second-order valence-corrected chi connectivity index (χ2v) is 7.52. The predicted octanol–water partition coefficient (Wildman–Crippen LogP) is 5.38. The lowest BCUT2D eigenvalue weighted by Crippen LogP contribution is -2.17. The SMILES string of the molecule is Clc1sc(CNc2ccc(N3CCCC3)cc2)cc1Br. The Morgan fingerprint density at radius 2 is 1.90 bits per heavy atom. The summed E-state index contributed by atoms with van der Waals surface area (Å²) in [7, 11) is 0. The molecule has 1 aliphatic heterocycles. The van der Waals surface area contributed by atoms with Crippen molar-refractivity contribution in [2.45, 2.75) is 19.4 Å². The monoisotopic (exact) mass is 370 g/mol. The topological polar surface area (TPSA) is 15.3 Å². The first-order valence-electron chi connectivity index (χ1n) is 6.75. The number of thiophene rings is 1. The van der Waals surface area contributed by atoms with Crippen molar-refractivity contribution in [3.05, 3.63) is 44.0 Å². The Morgan fingerprint density at radius 3 is 2.50 bits per heavy atom. The maximum absolute atomic E-state index is 6.04. The van der Waals surface area contributed by atoms with Crippen LogP contribution in [0.4, 0.5) is 11.4 Å². The minimum atomic E-state index is 0.805. The summed E-state index contributed by atoms with van der Waals surface area (Å²) in [5, 5.41) is 3.43. The van der Waals surface area contributed by atoms with Crippen LogP contribution in [0.1, 0.15) is 17.7 Å². The van der Waals surface area contributed by atoms with Crippen LogP contribution >= 0.6 is 38.9 Å². The van der Waals surface area contributed by atoms with Gasteiger partial charge in [-0.25, -0.2) is 0 Å². The Labute approximate surface area is 136 Å². The van der Waals surface area contributed by atoms with Crippen LogP contribution in [0.25, 0.3) is 0 Å². The van der Waals surface area contributed by atoms with Gasteiger partial charge in [0.1, 0.15) is 4.34 Å². The molecule has 2 aromatic rings. The number of nitrogens with zero attached hydrogens (tertiary/aromatic N) is 1. The Balaban J connectivity index is 1.60. The van der Waals surface area contributed by atoms with E-state index in [0.717, 1.165) is 21.0 Å². The molecule has 2 heterocycles. The van der Waals surface area contributed by atoms with Gasteiger partial charge in [0.2, 0.25) is 0 Å². The highest BCUT2D eigenvalue weighted by Gasteiger charge is 2.11. The zero-order valence-corrected chi connectivity index (χ0v) is 14.2. The molecule has 0 spiro atoms. The second-order valence-electron chi connectivity index (χ2n) is 4.93. The Kier molecular flexibility index (Phi) is 4.54. The molecule has 0 unspecified atom stereocenters. The van der Waals surface area contributed by atoms with Crippen molar-refractivity contribution in [1.82, 2.24) is 0 Å². The molecular formula is C15H16BrClN2S. The van der Waals surface area contributed by atoms with E-state index >= 15 is 0 Å². The molecule has 20 heavy (non-hydrogen) atoms. The number of anilines is 2. The Bertz CT molecular complexity index is 557. The van der Waals surface area contributed by atoms with Crippen molar-refractivity contribution in [2.24, 2.45) is 0 Å². The maximum Gasteiger partial charge on any atom is 0.107 e. The second kappa shape index (κ2) is 6.37. The van der Waals surface area contributed by atoms with Crippen LogP contribution in [0.3, 0.4) is 0 Å². The largest absolute Gasteiger partial charge is 0.380 e. The lowest BCUT2D eigenvalue weighted by Gasteiger charge is -2.17. The minimum Gasteiger partial charge on any atom is -0.380 e. The van der Waals surface area contributed by atoms with Crippen LogP contribution in [-0.4, -0.2) is 13.1 Å². The van der Waals surface area contributed by atoms with Crippen molar-refractivity contribution in [3.63, 3.8) is 0 Å². The molecule has 1 fully saturated rings. The number of nitrogens with one attached hydrogen (secondary N) is 1. The smallest absolute Gasteiger partial charge is 0.107 e. The lowest BCUT2D eigenvalue weighted by atomic mass is 10.2. The quantitative estimate of drug-likeness (QED) is 0.776. The summed E-state index contributed by atoms with van der Waals surface area (Å²) in [6.45, 7) is 3.18. The van der Waals surface area contributed by atoms with Crippen molar-refractivity contribution in [1.29, 1.82) is 0 Å². The van der Waals surface area contributed by atoms with Gasteiger partial charge in [0, 0.05) is 40.4 Å². The highest BCUT2D eigenvalue weighted by molar-refractivity contribution is 9.10. The third kappa shape index (κ3) is 3.30. The fourth-order valence-electron chi connectivity index (χ4n) is 2.43. The molecule has 1 aromatic heterocycles. The summed E-state index contributed by atoms with van der Waals surface area (Å²) in [5.41, 5.74) is 2.48. The molecule has 1 saturated heterocycles. The summed E-state index contributed by atoms with van der Waals surface area (Å²) < 4.78 is 1.79. The van der Waals surface area contributed by atoms with E-state index < -0.39 is 0 Å². The van der Waals surface area contributed by atoms with E-state index in [2.05, 4.69) is 56.5 Å². The first-order valence-corrected chi connectivity index (χ1v) is 8.74. The first kappa shape index (κ1) is 14.2. The third-order valence-electron chi connectivity index (χ3n) is 3.50. The van der Waals surface area contributed by atoms with Gasteiger partial charge in [0.05, 0.1) is 0 Å². The highest BCUT2D eigenvalue weighted by atomic mass is 79.9.